The number of ether oxygens (including phenoxy) is 1. The van der Waals surface area contributed by atoms with Crippen molar-refractivity contribution >= 4 is 0 Å². The van der Waals surface area contributed by atoms with Crippen LogP contribution in [0.25, 0.3) is 0 Å². The van der Waals surface area contributed by atoms with E-state index in [-0.39, 0.29) is 0 Å². The normalized spacial score (nSPS) is 21.7. The molecule has 1 saturated heterocycles. The summed E-state index contributed by atoms with van der Waals surface area (Å²) in [5.74, 6) is 0.409. The van der Waals surface area contributed by atoms with E-state index in [4.69, 9.17) is 4.74 Å². The van der Waals surface area contributed by atoms with Gasteiger partial charge < -0.3 is 10.1 Å². The Morgan fingerprint density at radius 3 is 2.56 bits per heavy atom. The minimum absolute atomic E-state index is 0.326. The molecule has 2 aliphatic heterocycles. The van der Waals surface area contributed by atoms with Gasteiger partial charge in [0.15, 0.2) is 0 Å². The summed E-state index contributed by atoms with van der Waals surface area (Å²) in [5, 5.41) is 3.21. The zero-order valence-corrected chi connectivity index (χ0v) is 9.81. The van der Waals surface area contributed by atoms with E-state index >= 15 is 0 Å². The summed E-state index contributed by atoms with van der Waals surface area (Å²) in [6, 6.07) is 4.20. The molecule has 1 aromatic rings. The second kappa shape index (κ2) is 3.88. The van der Waals surface area contributed by atoms with Crippen LogP contribution in [0.5, 0.6) is 5.75 Å². The molecule has 0 bridgehead atoms. The number of hydrogen-bond acceptors (Lipinski definition) is 2. The highest BCUT2D eigenvalue weighted by atomic mass is 19.4. The average Bonchev–Trinajstić information content (AvgIpc) is 2.65. The van der Waals surface area contributed by atoms with Crippen LogP contribution in [0.15, 0.2) is 18.2 Å². The topological polar surface area (TPSA) is 21.3 Å². The molecule has 0 saturated carbocycles. The van der Waals surface area contributed by atoms with E-state index in [1.165, 1.54) is 6.07 Å². The van der Waals surface area contributed by atoms with Crippen molar-refractivity contribution in [1.29, 1.82) is 0 Å². The molecule has 2 aliphatic rings. The van der Waals surface area contributed by atoms with E-state index in [0.717, 1.165) is 32.0 Å². The van der Waals surface area contributed by atoms with E-state index in [1.54, 1.807) is 6.07 Å². The maximum Gasteiger partial charge on any atom is 0.416 e. The van der Waals surface area contributed by atoms with Crippen LogP contribution < -0.4 is 10.1 Å². The number of nitrogens with one attached hydrogen (secondary N) is 1. The molecule has 1 aromatic carbocycles. The highest BCUT2D eigenvalue weighted by Crippen LogP contribution is 2.45. The molecule has 2 nitrogen and oxygen atoms in total. The monoisotopic (exact) mass is 257 g/mol. The smallest absolute Gasteiger partial charge is 0.416 e. The predicted octanol–water partition coefficient (Wildman–Crippen LogP) is 2.76. The number of alkyl halides is 3. The first kappa shape index (κ1) is 11.8. The number of fused-ring (bicyclic) bond motifs is 1. The van der Waals surface area contributed by atoms with Gasteiger partial charge in [0.1, 0.15) is 11.4 Å². The molecule has 1 spiro atoms. The fourth-order valence-corrected chi connectivity index (χ4v) is 2.86. The molecule has 0 atom stereocenters. The van der Waals surface area contributed by atoms with Gasteiger partial charge in [-0.3, -0.25) is 0 Å². The number of benzene rings is 1. The van der Waals surface area contributed by atoms with E-state index in [1.807, 2.05) is 0 Å². The second-order valence-corrected chi connectivity index (χ2v) is 4.99. The van der Waals surface area contributed by atoms with Crippen LogP contribution in [-0.2, 0) is 12.6 Å². The van der Waals surface area contributed by atoms with Gasteiger partial charge in [-0.1, -0.05) is 6.07 Å². The Bertz CT molecular complexity index is 464. The van der Waals surface area contributed by atoms with Crippen LogP contribution >= 0.6 is 0 Å². The van der Waals surface area contributed by atoms with Crippen molar-refractivity contribution in [2.24, 2.45) is 0 Å². The maximum absolute atomic E-state index is 12.9. The fraction of sp³-hybridized carbons (Fsp3) is 0.538. The Balaban J connectivity index is 1.97. The van der Waals surface area contributed by atoms with E-state index in [0.29, 0.717) is 17.7 Å². The minimum Gasteiger partial charge on any atom is -0.487 e. The largest absolute Gasteiger partial charge is 0.487 e. The van der Waals surface area contributed by atoms with Crippen molar-refractivity contribution < 1.29 is 17.9 Å². The summed E-state index contributed by atoms with van der Waals surface area (Å²) >= 11 is 0. The van der Waals surface area contributed by atoms with Crippen molar-refractivity contribution in [3.8, 4) is 5.75 Å². The van der Waals surface area contributed by atoms with Crippen molar-refractivity contribution in [3.05, 3.63) is 29.3 Å². The molecule has 2 heterocycles. The number of rotatable bonds is 0. The molecule has 1 fully saturated rings. The Hall–Kier alpha value is -1.23. The lowest BCUT2D eigenvalue weighted by Crippen LogP contribution is -2.45. The van der Waals surface area contributed by atoms with E-state index in [9.17, 15) is 13.2 Å². The van der Waals surface area contributed by atoms with Crippen molar-refractivity contribution in [2.75, 3.05) is 13.1 Å². The molecule has 1 N–H and O–H groups in total. The van der Waals surface area contributed by atoms with Gasteiger partial charge in [-0.05, 0) is 38.1 Å². The Labute approximate surface area is 103 Å². The molecule has 0 amide bonds. The Morgan fingerprint density at radius 2 is 1.89 bits per heavy atom. The molecular weight excluding hydrogens is 243 g/mol. The second-order valence-electron chi connectivity index (χ2n) is 4.99. The maximum atomic E-state index is 12.9. The highest BCUT2D eigenvalue weighted by Gasteiger charge is 2.45. The first-order valence-electron chi connectivity index (χ1n) is 6.09. The van der Waals surface area contributed by atoms with E-state index in [2.05, 4.69) is 5.32 Å². The summed E-state index contributed by atoms with van der Waals surface area (Å²) in [6.45, 7) is 1.60. The van der Waals surface area contributed by atoms with Gasteiger partial charge in [-0.15, -0.1) is 0 Å². The summed E-state index contributed by atoms with van der Waals surface area (Å²) in [6.07, 6.45) is -2.40. The van der Waals surface area contributed by atoms with Crippen LogP contribution in [0.4, 0.5) is 13.2 Å². The molecule has 0 aromatic heterocycles. The van der Waals surface area contributed by atoms with Gasteiger partial charge in [-0.2, -0.15) is 13.2 Å². The van der Waals surface area contributed by atoms with Crippen molar-refractivity contribution in [3.63, 3.8) is 0 Å². The lowest BCUT2D eigenvalue weighted by molar-refractivity contribution is -0.138. The zero-order valence-electron chi connectivity index (χ0n) is 9.81. The molecule has 5 heteroatoms. The van der Waals surface area contributed by atoms with Crippen LogP contribution in [0.2, 0.25) is 0 Å². The third kappa shape index (κ3) is 1.86. The molecule has 0 unspecified atom stereocenters. The van der Waals surface area contributed by atoms with Gasteiger partial charge in [0, 0.05) is 12.0 Å². The lowest BCUT2D eigenvalue weighted by Gasteiger charge is -2.33. The number of hydrogen-bond donors (Lipinski definition) is 1. The summed E-state index contributed by atoms with van der Waals surface area (Å²) < 4.78 is 44.6. The third-order valence-electron chi connectivity index (χ3n) is 3.78. The van der Waals surface area contributed by atoms with Crippen LogP contribution in [0.3, 0.4) is 0 Å². The summed E-state index contributed by atoms with van der Waals surface area (Å²) in [5.41, 5.74) is -0.642. The standard InChI is InChI=1S/C13H14F3NO/c14-13(15,16)10-2-1-3-11-9(10)8-12(18-11)4-6-17-7-5-12/h1-3,17H,4-8H2. The third-order valence-corrected chi connectivity index (χ3v) is 3.78. The first-order valence-corrected chi connectivity index (χ1v) is 6.09. The SMILES string of the molecule is FC(F)(F)c1cccc2c1CC1(CCNCC1)O2. The Kier molecular flexibility index (Phi) is 2.55. The molecule has 18 heavy (non-hydrogen) atoms. The number of halogens is 3. The Morgan fingerprint density at radius 1 is 1.17 bits per heavy atom. The minimum atomic E-state index is -4.30. The predicted molar refractivity (Wildman–Crippen MR) is 60.6 cm³/mol. The molecule has 0 radical (unpaired) electrons. The van der Waals surface area contributed by atoms with Crippen molar-refractivity contribution in [1.82, 2.24) is 5.32 Å². The van der Waals surface area contributed by atoms with Crippen LogP contribution in [0, 0.1) is 0 Å². The van der Waals surface area contributed by atoms with E-state index < -0.39 is 17.3 Å². The van der Waals surface area contributed by atoms with Crippen molar-refractivity contribution in [2.45, 2.75) is 31.0 Å². The molecule has 98 valence electrons. The summed E-state index contributed by atoms with van der Waals surface area (Å²) in [4.78, 5) is 0. The highest BCUT2D eigenvalue weighted by molar-refractivity contribution is 5.46. The zero-order chi connectivity index (χ0) is 12.8. The quantitative estimate of drug-likeness (QED) is 0.771. The van der Waals surface area contributed by atoms with Gasteiger partial charge in [0.25, 0.3) is 0 Å². The van der Waals surface area contributed by atoms with Gasteiger partial charge in [-0.25, -0.2) is 0 Å². The van der Waals surface area contributed by atoms with Gasteiger partial charge >= 0.3 is 6.18 Å². The first-order chi connectivity index (χ1) is 8.50. The lowest BCUT2D eigenvalue weighted by atomic mass is 9.86. The summed E-state index contributed by atoms with van der Waals surface area (Å²) in [7, 11) is 0. The fourth-order valence-electron chi connectivity index (χ4n) is 2.86. The number of piperidine rings is 1. The van der Waals surface area contributed by atoms with Crippen LogP contribution in [-0.4, -0.2) is 18.7 Å². The molecular formula is C13H14F3NO. The van der Waals surface area contributed by atoms with Crippen LogP contribution in [0.1, 0.15) is 24.0 Å². The van der Waals surface area contributed by atoms with Gasteiger partial charge in [0.2, 0.25) is 0 Å². The average molecular weight is 257 g/mol. The molecule has 3 rings (SSSR count). The van der Waals surface area contributed by atoms with Gasteiger partial charge in [0.05, 0.1) is 5.56 Å². The molecule has 0 aliphatic carbocycles.